The number of aromatic amines is 1. The SMILES string of the molecule is O=c1[nH]ccc2c1CC=CC=C2. The molecule has 60 valence electrons. The van der Waals surface area contributed by atoms with Crippen LogP contribution in [0.15, 0.2) is 35.3 Å². The first-order valence-electron chi connectivity index (χ1n) is 3.92. The quantitative estimate of drug-likeness (QED) is 0.611. The summed E-state index contributed by atoms with van der Waals surface area (Å²) in [7, 11) is 0. The number of hydrogen-bond donors (Lipinski definition) is 1. The van der Waals surface area contributed by atoms with Gasteiger partial charge in [0.1, 0.15) is 0 Å². The number of nitrogens with one attached hydrogen (secondary N) is 1. The Morgan fingerprint density at radius 3 is 3.17 bits per heavy atom. The molecule has 0 spiro atoms. The predicted molar refractivity (Wildman–Crippen MR) is 48.9 cm³/mol. The van der Waals surface area contributed by atoms with Crippen molar-refractivity contribution in [3.63, 3.8) is 0 Å². The van der Waals surface area contributed by atoms with Crippen molar-refractivity contribution in [2.45, 2.75) is 6.42 Å². The Hall–Kier alpha value is -1.57. The number of allylic oxidation sites excluding steroid dienone is 3. The lowest BCUT2D eigenvalue weighted by Gasteiger charge is -1.98. The summed E-state index contributed by atoms with van der Waals surface area (Å²) in [5, 5.41) is 0. The molecule has 2 heteroatoms. The molecule has 0 fully saturated rings. The van der Waals surface area contributed by atoms with Gasteiger partial charge in [-0.15, -0.1) is 0 Å². The fourth-order valence-corrected chi connectivity index (χ4v) is 1.32. The van der Waals surface area contributed by atoms with Crippen LogP contribution in [0.1, 0.15) is 11.1 Å². The molecule has 0 amide bonds. The highest BCUT2D eigenvalue weighted by Crippen LogP contribution is 2.09. The smallest absolute Gasteiger partial charge is 0.252 e. The molecule has 0 saturated carbocycles. The summed E-state index contributed by atoms with van der Waals surface area (Å²) >= 11 is 0. The lowest BCUT2D eigenvalue weighted by molar-refractivity contribution is 1.12. The minimum absolute atomic E-state index is 0.0173. The van der Waals surface area contributed by atoms with Gasteiger partial charge in [-0.1, -0.05) is 24.3 Å². The third-order valence-electron chi connectivity index (χ3n) is 1.94. The van der Waals surface area contributed by atoms with Crippen molar-refractivity contribution in [3.05, 3.63) is 52.0 Å². The molecule has 1 N–H and O–H groups in total. The van der Waals surface area contributed by atoms with Crippen molar-refractivity contribution < 1.29 is 0 Å². The molecule has 2 nitrogen and oxygen atoms in total. The van der Waals surface area contributed by atoms with Crippen molar-refractivity contribution in [1.82, 2.24) is 4.98 Å². The number of H-pyrrole nitrogens is 1. The largest absolute Gasteiger partial charge is 0.329 e. The number of aromatic nitrogens is 1. The van der Waals surface area contributed by atoms with Crippen molar-refractivity contribution in [3.8, 4) is 0 Å². The minimum Gasteiger partial charge on any atom is -0.329 e. The van der Waals surface area contributed by atoms with Crippen LogP contribution >= 0.6 is 0 Å². The number of pyridine rings is 1. The van der Waals surface area contributed by atoms with E-state index in [1.165, 1.54) is 0 Å². The highest BCUT2D eigenvalue weighted by Gasteiger charge is 2.03. The van der Waals surface area contributed by atoms with Crippen molar-refractivity contribution in [2.75, 3.05) is 0 Å². The molecule has 1 aromatic rings. The fraction of sp³-hybridized carbons (Fsp3) is 0.100. The molecule has 0 atom stereocenters. The Labute approximate surface area is 70.3 Å². The summed E-state index contributed by atoms with van der Waals surface area (Å²) in [6.45, 7) is 0. The van der Waals surface area contributed by atoms with Crippen LogP contribution in [0.25, 0.3) is 6.08 Å². The van der Waals surface area contributed by atoms with Gasteiger partial charge in [-0.25, -0.2) is 0 Å². The molecular formula is C10H9NO. The van der Waals surface area contributed by atoms with E-state index in [2.05, 4.69) is 4.98 Å². The normalized spacial score (nSPS) is 14.0. The van der Waals surface area contributed by atoms with Crippen LogP contribution in [-0.4, -0.2) is 4.98 Å². The van der Waals surface area contributed by atoms with Gasteiger partial charge < -0.3 is 4.98 Å². The molecule has 0 radical (unpaired) electrons. The summed E-state index contributed by atoms with van der Waals surface area (Å²) in [5.41, 5.74) is 1.88. The van der Waals surface area contributed by atoms with E-state index in [0.717, 1.165) is 17.5 Å². The van der Waals surface area contributed by atoms with Crippen LogP contribution in [0.2, 0.25) is 0 Å². The van der Waals surface area contributed by atoms with E-state index in [4.69, 9.17) is 0 Å². The van der Waals surface area contributed by atoms with Crippen LogP contribution in [-0.2, 0) is 6.42 Å². The first-order chi connectivity index (χ1) is 5.88. The molecule has 0 bridgehead atoms. The van der Waals surface area contributed by atoms with Gasteiger partial charge >= 0.3 is 0 Å². The standard InChI is InChI=1S/C10H9NO/c12-10-9-5-3-1-2-4-8(9)6-7-11-10/h1-4,6-7H,5H2,(H,11,12). The average molecular weight is 159 g/mol. The zero-order valence-electron chi connectivity index (χ0n) is 6.58. The fourth-order valence-electron chi connectivity index (χ4n) is 1.32. The predicted octanol–water partition coefficient (Wildman–Crippen LogP) is 1.50. The first kappa shape index (κ1) is 7.10. The van der Waals surface area contributed by atoms with Gasteiger partial charge in [-0.3, -0.25) is 4.79 Å². The maximum absolute atomic E-state index is 11.3. The molecule has 0 aromatic carbocycles. The van der Waals surface area contributed by atoms with Gasteiger partial charge in [0.2, 0.25) is 0 Å². The summed E-state index contributed by atoms with van der Waals surface area (Å²) in [6.07, 6.45) is 10.2. The molecule has 2 rings (SSSR count). The molecule has 1 aliphatic rings. The Morgan fingerprint density at radius 2 is 2.25 bits per heavy atom. The second kappa shape index (κ2) is 2.81. The zero-order valence-corrected chi connectivity index (χ0v) is 6.58. The summed E-state index contributed by atoms with van der Waals surface area (Å²) < 4.78 is 0. The maximum atomic E-state index is 11.3. The lowest BCUT2D eigenvalue weighted by Crippen LogP contribution is -2.12. The first-order valence-corrected chi connectivity index (χ1v) is 3.92. The van der Waals surface area contributed by atoms with E-state index in [1.54, 1.807) is 6.20 Å². The van der Waals surface area contributed by atoms with Crippen LogP contribution in [0.4, 0.5) is 0 Å². The van der Waals surface area contributed by atoms with E-state index in [0.29, 0.717) is 0 Å². The highest BCUT2D eigenvalue weighted by molar-refractivity contribution is 5.56. The second-order valence-electron chi connectivity index (χ2n) is 2.73. The summed E-state index contributed by atoms with van der Waals surface area (Å²) in [4.78, 5) is 14.0. The highest BCUT2D eigenvalue weighted by atomic mass is 16.1. The average Bonchev–Trinajstić information content (AvgIpc) is 2.30. The Bertz CT molecular complexity index is 399. The minimum atomic E-state index is 0.0173. The van der Waals surface area contributed by atoms with Gasteiger partial charge in [0, 0.05) is 11.8 Å². The van der Waals surface area contributed by atoms with Crippen LogP contribution in [0.3, 0.4) is 0 Å². The molecule has 1 heterocycles. The molecule has 1 aromatic heterocycles. The number of hydrogen-bond acceptors (Lipinski definition) is 1. The van der Waals surface area contributed by atoms with Crippen molar-refractivity contribution in [2.24, 2.45) is 0 Å². The third-order valence-corrected chi connectivity index (χ3v) is 1.94. The van der Waals surface area contributed by atoms with Gasteiger partial charge in [0.25, 0.3) is 5.56 Å². The Balaban J connectivity index is 2.67. The molecule has 1 aliphatic carbocycles. The van der Waals surface area contributed by atoms with E-state index in [9.17, 15) is 4.79 Å². The van der Waals surface area contributed by atoms with Crippen molar-refractivity contribution in [1.29, 1.82) is 0 Å². The summed E-state index contributed by atoms with van der Waals surface area (Å²) in [5.74, 6) is 0. The van der Waals surface area contributed by atoms with Gasteiger partial charge in [-0.2, -0.15) is 0 Å². The van der Waals surface area contributed by atoms with E-state index in [1.807, 2.05) is 30.4 Å². The Morgan fingerprint density at radius 1 is 1.33 bits per heavy atom. The van der Waals surface area contributed by atoms with Gasteiger partial charge in [0.05, 0.1) is 0 Å². The zero-order chi connectivity index (χ0) is 8.39. The molecular weight excluding hydrogens is 150 g/mol. The van der Waals surface area contributed by atoms with Crippen molar-refractivity contribution >= 4 is 6.08 Å². The maximum Gasteiger partial charge on any atom is 0.252 e. The Kier molecular flexibility index (Phi) is 1.67. The summed E-state index contributed by atoms with van der Waals surface area (Å²) in [6, 6.07) is 1.92. The topological polar surface area (TPSA) is 32.9 Å². The number of fused-ring (bicyclic) bond motifs is 1. The van der Waals surface area contributed by atoms with E-state index >= 15 is 0 Å². The lowest BCUT2D eigenvalue weighted by atomic mass is 10.1. The van der Waals surface area contributed by atoms with E-state index < -0.39 is 0 Å². The van der Waals surface area contributed by atoms with Gasteiger partial charge in [0.15, 0.2) is 0 Å². The van der Waals surface area contributed by atoms with Crippen LogP contribution in [0.5, 0.6) is 0 Å². The molecule has 0 saturated heterocycles. The van der Waals surface area contributed by atoms with Crippen LogP contribution < -0.4 is 5.56 Å². The molecule has 12 heavy (non-hydrogen) atoms. The monoisotopic (exact) mass is 159 g/mol. The molecule has 0 aliphatic heterocycles. The second-order valence-corrected chi connectivity index (χ2v) is 2.73. The van der Waals surface area contributed by atoms with E-state index in [-0.39, 0.29) is 5.56 Å². The molecule has 0 unspecified atom stereocenters. The third kappa shape index (κ3) is 1.11. The van der Waals surface area contributed by atoms with Gasteiger partial charge in [-0.05, 0) is 18.1 Å². The van der Waals surface area contributed by atoms with Crippen LogP contribution in [0, 0.1) is 0 Å². The number of rotatable bonds is 0.